The Morgan fingerprint density at radius 1 is 1.16 bits per heavy atom. The van der Waals surface area contributed by atoms with E-state index in [-0.39, 0.29) is 17.9 Å². The quantitative estimate of drug-likeness (QED) is 0.811. The number of phenolic OH excluding ortho intramolecular Hbond substituents is 1. The third kappa shape index (κ3) is 2.77. The van der Waals surface area contributed by atoms with Crippen LogP contribution in [0.1, 0.15) is 15.9 Å². The molecule has 0 heterocycles. The Morgan fingerprint density at radius 3 is 2.32 bits per heavy atom. The summed E-state index contributed by atoms with van der Waals surface area (Å²) in [6.45, 7) is -0.227. The average Bonchev–Trinajstić information content (AvgIpc) is 2.39. The van der Waals surface area contributed by atoms with Gasteiger partial charge < -0.3 is 15.3 Å². The number of rotatable bonds is 3. The van der Waals surface area contributed by atoms with Crippen molar-refractivity contribution in [2.45, 2.75) is 6.61 Å². The lowest BCUT2D eigenvalue weighted by atomic mass is 9.97. The second-order valence-corrected chi connectivity index (χ2v) is 4.86. The SMILES string of the molecule is O=C(O)c1cc(CO)cc(Br)c1-c1ccc(O)cc1. The van der Waals surface area contributed by atoms with Gasteiger partial charge in [0.2, 0.25) is 0 Å². The van der Waals surface area contributed by atoms with Crippen molar-refractivity contribution in [3.63, 3.8) is 0 Å². The number of carboxylic acids is 1. The fourth-order valence-electron chi connectivity index (χ4n) is 1.84. The lowest BCUT2D eigenvalue weighted by molar-refractivity contribution is 0.0697. The van der Waals surface area contributed by atoms with Crippen molar-refractivity contribution in [3.8, 4) is 16.9 Å². The molecule has 0 spiro atoms. The molecule has 4 nitrogen and oxygen atoms in total. The van der Waals surface area contributed by atoms with E-state index in [1.807, 2.05) is 0 Å². The molecule has 0 fully saturated rings. The molecule has 19 heavy (non-hydrogen) atoms. The molecule has 0 aliphatic carbocycles. The van der Waals surface area contributed by atoms with E-state index in [1.165, 1.54) is 18.2 Å². The van der Waals surface area contributed by atoms with Gasteiger partial charge in [0.1, 0.15) is 5.75 Å². The predicted molar refractivity (Wildman–Crippen MR) is 74.1 cm³/mol. The van der Waals surface area contributed by atoms with E-state index in [0.29, 0.717) is 21.2 Å². The maximum absolute atomic E-state index is 11.3. The van der Waals surface area contributed by atoms with Gasteiger partial charge in [0, 0.05) is 10.0 Å². The molecule has 0 aliphatic heterocycles. The maximum atomic E-state index is 11.3. The van der Waals surface area contributed by atoms with Crippen LogP contribution in [0.25, 0.3) is 11.1 Å². The zero-order valence-electron chi connectivity index (χ0n) is 9.80. The van der Waals surface area contributed by atoms with E-state index >= 15 is 0 Å². The number of hydrogen-bond donors (Lipinski definition) is 3. The normalized spacial score (nSPS) is 10.4. The summed E-state index contributed by atoms with van der Waals surface area (Å²) >= 11 is 3.33. The van der Waals surface area contributed by atoms with E-state index in [2.05, 4.69) is 15.9 Å². The summed E-state index contributed by atoms with van der Waals surface area (Å²) < 4.78 is 0.585. The zero-order valence-corrected chi connectivity index (χ0v) is 11.4. The van der Waals surface area contributed by atoms with Crippen molar-refractivity contribution in [2.75, 3.05) is 0 Å². The van der Waals surface area contributed by atoms with Crippen molar-refractivity contribution in [1.29, 1.82) is 0 Å². The fourth-order valence-corrected chi connectivity index (χ4v) is 2.58. The van der Waals surface area contributed by atoms with Crippen molar-refractivity contribution in [2.24, 2.45) is 0 Å². The van der Waals surface area contributed by atoms with Crippen LogP contribution in [-0.4, -0.2) is 21.3 Å². The lowest BCUT2D eigenvalue weighted by Gasteiger charge is -2.11. The molecule has 0 aliphatic rings. The second kappa shape index (κ2) is 5.42. The molecule has 3 N–H and O–H groups in total. The third-order valence-electron chi connectivity index (χ3n) is 2.72. The van der Waals surface area contributed by atoms with Crippen LogP contribution in [-0.2, 0) is 6.61 Å². The highest BCUT2D eigenvalue weighted by molar-refractivity contribution is 9.10. The van der Waals surface area contributed by atoms with Crippen LogP contribution < -0.4 is 0 Å². The molecule has 98 valence electrons. The number of hydrogen-bond acceptors (Lipinski definition) is 3. The van der Waals surface area contributed by atoms with Gasteiger partial charge in [-0.2, -0.15) is 0 Å². The molecule has 2 aromatic carbocycles. The first-order chi connectivity index (χ1) is 9.02. The Morgan fingerprint density at radius 2 is 1.79 bits per heavy atom. The summed E-state index contributed by atoms with van der Waals surface area (Å²) in [7, 11) is 0. The van der Waals surface area contributed by atoms with Gasteiger partial charge in [-0.3, -0.25) is 0 Å². The van der Waals surface area contributed by atoms with Crippen LogP contribution in [0.4, 0.5) is 0 Å². The third-order valence-corrected chi connectivity index (χ3v) is 3.34. The minimum Gasteiger partial charge on any atom is -0.508 e. The Kier molecular flexibility index (Phi) is 3.87. The van der Waals surface area contributed by atoms with Crippen LogP contribution >= 0.6 is 15.9 Å². The molecule has 0 atom stereocenters. The number of carbonyl (C=O) groups is 1. The summed E-state index contributed by atoms with van der Waals surface area (Å²) in [5.41, 5.74) is 1.81. The first kappa shape index (κ1) is 13.6. The molecule has 0 aromatic heterocycles. The van der Waals surface area contributed by atoms with Crippen LogP contribution in [0.3, 0.4) is 0 Å². The molecular weight excluding hydrogens is 312 g/mol. The van der Waals surface area contributed by atoms with Gasteiger partial charge >= 0.3 is 5.97 Å². The molecule has 2 rings (SSSR count). The topological polar surface area (TPSA) is 77.8 Å². The molecule has 0 radical (unpaired) electrons. The smallest absolute Gasteiger partial charge is 0.336 e. The highest BCUT2D eigenvalue weighted by Crippen LogP contribution is 2.34. The average molecular weight is 323 g/mol. The zero-order chi connectivity index (χ0) is 14.0. The summed E-state index contributed by atoms with van der Waals surface area (Å²) in [5.74, 6) is -0.956. The summed E-state index contributed by atoms with van der Waals surface area (Å²) in [4.78, 5) is 11.3. The van der Waals surface area contributed by atoms with E-state index in [4.69, 9.17) is 5.11 Å². The molecule has 0 bridgehead atoms. The van der Waals surface area contributed by atoms with Gasteiger partial charge in [-0.15, -0.1) is 0 Å². The van der Waals surface area contributed by atoms with Gasteiger partial charge in [0.15, 0.2) is 0 Å². The first-order valence-electron chi connectivity index (χ1n) is 5.49. The minimum absolute atomic E-state index is 0.101. The Balaban J connectivity index is 2.67. The standard InChI is InChI=1S/C14H11BrO4/c15-12-6-8(7-16)5-11(14(18)19)13(12)9-1-3-10(17)4-2-9/h1-6,16-17H,7H2,(H,18,19). The Bertz CT molecular complexity index is 620. The molecule has 0 saturated carbocycles. The number of aliphatic hydroxyl groups is 1. The largest absolute Gasteiger partial charge is 0.508 e. The highest BCUT2D eigenvalue weighted by Gasteiger charge is 2.16. The van der Waals surface area contributed by atoms with Crippen LogP contribution in [0, 0.1) is 0 Å². The fraction of sp³-hybridized carbons (Fsp3) is 0.0714. The van der Waals surface area contributed by atoms with Gasteiger partial charge in [-0.05, 0) is 35.4 Å². The van der Waals surface area contributed by atoms with Crippen molar-refractivity contribution in [1.82, 2.24) is 0 Å². The van der Waals surface area contributed by atoms with E-state index in [1.54, 1.807) is 18.2 Å². The van der Waals surface area contributed by atoms with Gasteiger partial charge in [-0.25, -0.2) is 4.79 Å². The van der Waals surface area contributed by atoms with Crippen LogP contribution in [0.2, 0.25) is 0 Å². The number of aromatic carboxylic acids is 1. The summed E-state index contributed by atoms with van der Waals surface area (Å²) in [6.07, 6.45) is 0. The number of phenols is 1. The monoisotopic (exact) mass is 322 g/mol. The van der Waals surface area contributed by atoms with Crippen LogP contribution in [0.5, 0.6) is 5.75 Å². The molecule has 5 heteroatoms. The molecule has 0 amide bonds. The minimum atomic E-state index is -1.07. The van der Waals surface area contributed by atoms with Crippen molar-refractivity contribution < 1.29 is 20.1 Å². The first-order valence-corrected chi connectivity index (χ1v) is 6.28. The van der Waals surface area contributed by atoms with Gasteiger partial charge in [0.05, 0.1) is 12.2 Å². The highest BCUT2D eigenvalue weighted by atomic mass is 79.9. The Labute approximate surface area is 118 Å². The maximum Gasteiger partial charge on any atom is 0.336 e. The number of benzene rings is 2. The van der Waals surface area contributed by atoms with Gasteiger partial charge in [-0.1, -0.05) is 28.1 Å². The van der Waals surface area contributed by atoms with E-state index in [9.17, 15) is 15.0 Å². The van der Waals surface area contributed by atoms with Crippen molar-refractivity contribution in [3.05, 3.63) is 52.0 Å². The number of carboxylic acid groups (broad SMARTS) is 1. The van der Waals surface area contributed by atoms with Crippen LogP contribution in [0.15, 0.2) is 40.9 Å². The van der Waals surface area contributed by atoms with E-state index < -0.39 is 5.97 Å². The lowest BCUT2D eigenvalue weighted by Crippen LogP contribution is -2.02. The number of halogens is 1. The summed E-state index contributed by atoms with van der Waals surface area (Å²) in [5, 5.41) is 27.7. The summed E-state index contributed by atoms with van der Waals surface area (Å²) in [6, 6.07) is 9.38. The number of aliphatic hydroxyl groups excluding tert-OH is 1. The van der Waals surface area contributed by atoms with E-state index in [0.717, 1.165) is 0 Å². The molecule has 2 aromatic rings. The van der Waals surface area contributed by atoms with Crippen molar-refractivity contribution >= 4 is 21.9 Å². The molecular formula is C14H11BrO4. The molecule has 0 unspecified atom stereocenters. The Hall–Kier alpha value is -1.85. The predicted octanol–water partition coefficient (Wildman–Crippen LogP) is 3.01. The van der Waals surface area contributed by atoms with Gasteiger partial charge in [0.25, 0.3) is 0 Å². The number of aromatic hydroxyl groups is 1. The second-order valence-electron chi connectivity index (χ2n) is 4.01. The molecule has 0 saturated heterocycles.